The van der Waals surface area contributed by atoms with Crippen LogP contribution in [0.4, 0.5) is 0 Å². The van der Waals surface area contributed by atoms with Gasteiger partial charge in [0.15, 0.2) is 6.23 Å². The molecule has 4 heteroatoms. The van der Waals surface area contributed by atoms with Crippen LogP contribution in [0.2, 0.25) is 0 Å². The summed E-state index contributed by atoms with van der Waals surface area (Å²) in [5.74, 6) is 0. The van der Waals surface area contributed by atoms with E-state index in [0.717, 1.165) is 25.2 Å². The number of nitrogens with two attached hydrogens (primary N) is 1. The lowest BCUT2D eigenvalue weighted by molar-refractivity contribution is 0.0837. The molecular weight excluding hydrogens is 190 g/mol. The van der Waals surface area contributed by atoms with E-state index < -0.39 is 6.23 Å². The molecule has 1 unspecified atom stereocenters. The van der Waals surface area contributed by atoms with Crippen LogP contribution in [0.25, 0.3) is 0 Å². The molecule has 82 valence electrons. The van der Waals surface area contributed by atoms with E-state index in [1.54, 1.807) is 6.08 Å². The summed E-state index contributed by atoms with van der Waals surface area (Å²) in [6.45, 7) is 1.95. The highest BCUT2D eigenvalue weighted by Gasteiger charge is 2.22. The maximum absolute atomic E-state index is 9.88. The summed E-state index contributed by atoms with van der Waals surface area (Å²) >= 11 is 0. The largest absolute Gasteiger partial charge is 0.398 e. The average molecular weight is 207 g/mol. The third-order valence-corrected chi connectivity index (χ3v) is 2.82. The van der Waals surface area contributed by atoms with Crippen LogP contribution in [0.15, 0.2) is 35.8 Å². The molecular formula is C11H17N3O. The van der Waals surface area contributed by atoms with E-state index in [0.29, 0.717) is 5.70 Å². The van der Waals surface area contributed by atoms with Gasteiger partial charge in [0.05, 0.1) is 5.70 Å². The number of rotatable bonds is 1. The highest BCUT2D eigenvalue weighted by atomic mass is 16.3. The van der Waals surface area contributed by atoms with Crippen molar-refractivity contribution in [1.29, 1.82) is 0 Å². The first-order valence-electron chi connectivity index (χ1n) is 5.16. The average Bonchev–Trinajstić information content (AvgIpc) is 2.24. The summed E-state index contributed by atoms with van der Waals surface area (Å²) in [5, 5.41) is 9.88. The Labute approximate surface area is 90.0 Å². The van der Waals surface area contributed by atoms with Gasteiger partial charge in [0.1, 0.15) is 0 Å². The summed E-state index contributed by atoms with van der Waals surface area (Å²) in [6, 6.07) is 0. The fourth-order valence-electron chi connectivity index (χ4n) is 1.82. The minimum absolute atomic E-state index is 0.498. The van der Waals surface area contributed by atoms with E-state index in [9.17, 15) is 5.11 Å². The zero-order chi connectivity index (χ0) is 10.8. The summed E-state index contributed by atoms with van der Waals surface area (Å²) in [6.07, 6.45) is 7.85. The Hall–Kier alpha value is -1.26. The Balaban J connectivity index is 2.12. The molecule has 0 aliphatic carbocycles. The van der Waals surface area contributed by atoms with Crippen LogP contribution in [0.3, 0.4) is 0 Å². The van der Waals surface area contributed by atoms with Crippen molar-refractivity contribution >= 4 is 0 Å². The Morgan fingerprint density at radius 2 is 2.33 bits per heavy atom. The molecule has 0 saturated heterocycles. The lowest BCUT2D eigenvalue weighted by Gasteiger charge is -2.34. The molecule has 2 aliphatic heterocycles. The first kappa shape index (κ1) is 10.3. The predicted molar refractivity (Wildman–Crippen MR) is 59.5 cm³/mol. The molecule has 2 aliphatic rings. The van der Waals surface area contributed by atoms with Crippen LogP contribution in [0.1, 0.15) is 6.42 Å². The summed E-state index contributed by atoms with van der Waals surface area (Å²) < 4.78 is 0. The molecule has 2 heterocycles. The summed E-state index contributed by atoms with van der Waals surface area (Å²) in [7, 11) is 2.09. The zero-order valence-corrected chi connectivity index (χ0v) is 8.93. The number of hydrogen-bond donors (Lipinski definition) is 2. The van der Waals surface area contributed by atoms with E-state index in [2.05, 4.69) is 18.0 Å². The quantitative estimate of drug-likeness (QED) is 0.645. The van der Waals surface area contributed by atoms with Crippen molar-refractivity contribution in [3.63, 3.8) is 0 Å². The van der Waals surface area contributed by atoms with E-state index in [1.807, 2.05) is 17.2 Å². The highest BCUT2D eigenvalue weighted by molar-refractivity contribution is 5.23. The van der Waals surface area contributed by atoms with E-state index in [4.69, 9.17) is 5.73 Å². The summed E-state index contributed by atoms with van der Waals surface area (Å²) in [4.78, 5) is 4.07. The van der Waals surface area contributed by atoms with Gasteiger partial charge in [-0.15, -0.1) is 0 Å². The molecule has 0 spiro atoms. The van der Waals surface area contributed by atoms with E-state index in [-0.39, 0.29) is 0 Å². The van der Waals surface area contributed by atoms with Crippen molar-refractivity contribution in [3.05, 3.63) is 35.8 Å². The van der Waals surface area contributed by atoms with Crippen LogP contribution in [0, 0.1) is 0 Å². The third kappa shape index (κ3) is 2.06. The number of likely N-dealkylation sites (N-methyl/N-ethyl adjacent to an activating group) is 1. The van der Waals surface area contributed by atoms with Crippen molar-refractivity contribution < 1.29 is 5.11 Å². The second kappa shape index (κ2) is 4.08. The Bertz CT molecular complexity index is 333. The molecule has 4 nitrogen and oxygen atoms in total. The number of aliphatic hydroxyl groups excluding tert-OH is 1. The topological polar surface area (TPSA) is 52.7 Å². The minimum atomic E-state index is -0.704. The van der Waals surface area contributed by atoms with Crippen LogP contribution >= 0.6 is 0 Å². The van der Waals surface area contributed by atoms with Gasteiger partial charge in [-0.1, -0.05) is 6.08 Å². The first-order chi connectivity index (χ1) is 7.18. The number of hydrogen-bond acceptors (Lipinski definition) is 4. The van der Waals surface area contributed by atoms with Crippen LogP contribution in [-0.4, -0.2) is 41.3 Å². The lowest BCUT2D eigenvalue weighted by Crippen LogP contribution is -2.39. The van der Waals surface area contributed by atoms with Crippen molar-refractivity contribution in [2.45, 2.75) is 12.6 Å². The van der Waals surface area contributed by atoms with Gasteiger partial charge in [-0.3, -0.25) is 0 Å². The van der Waals surface area contributed by atoms with E-state index in [1.165, 1.54) is 0 Å². The van der Waals surface area contributed by atoms with Crippen molar-refractivity contribution in [3.8, 4) is 0 Å². The fourth-order valence-corrected chi connectivity index (χ4v) is 1.82. The first-order valence-corrected chi connectivity index (χ1v) is 5.16. The molecule has 0 fully saturated rings. The molecule has 1 atom stereocenters. The monoisotopic (exact) mass is 207 g/mol. The fraction of sp³-hybridized carbons (Fsp3) is 0.455. The number of nitrogens with zero attached hydrogens (tertiary/aromatic N) is 2. The SMILES string of the molecule is CN1CC=C(N2C=CC=C(N)C2O)CC1. The lowest BCUT2D eigenvalue weighted by atomic mass is 10.1. The van der Waals surface area contributed by atoms with Gasteiger partial charge >= 0.3 is 0 Å². The number of allylic oxidation sites excluding steroid dienone is 2. The van der Waals surface area contributed by atoms with Crippen LogP contribution < -0.4 is 5.73 Å². The Kier molecular flexibility index (Phi) is 2.79. The van der Waals surface area contributed by atoms with Crippen LogP contribution in [-0.2, 0) is 0 Å². The van der Waals surface area contributed by atoms with Crippen molar-refractivity contribution in [2.24, 2.45) is 5.73 Å². The maximum Gasteiger partial charge on any atom is 0.171 e. The second-order valence-corrected chi connectivity index (χ2v) is 4.00. The van der Waals surface area contributed by atoms with Gasteiger partial charge in [-0.25, -0.2) is 0 Å². The van der Waals surface area contributed by atoms with Crippen molar-refractivity contribution in [1.82, 2.24) is 9.80 Å². The van der Waals surface area contributed by atoms with Crippen molar-refractivity contribution in [2.75, 3.05) is 20.1 Å². The van der Waals surface area contributed by atoms with Crippen LogP contribution in [0.5, 0.6) is 0 Å². The standard InChI is InChI=1S/C11H17N3O/c1-13-7-4-9(5-8-13)14-6-2-3-10(12)11(14)15/h2-4,6,11,15H,5,7-8,12H2,1H3. The van der Waals surface area contributed by atoms with Gasteiger partial charge in [0, 0.05) is 31.4 Å². The Morgan fingerprint density at radius 3 is 3.00 bits per heavy atom. The molecule has 15 heavy (non-hydrogen) atoms. The molecule has 3 N–H and O–H groups in total. The molecule has 0 amide bonds. The smallest absolute Gasteiger partial charge is 0.171 e. The molecule has 0 radical (unpaired) electrons. The molecule has 0 bridgehead atoms. The third-order valence-electron chi connectivity index (χ3n) is 2.82. The highest BCUT2D eigenvalue weighted by Crippen LogP contribution is 2.21. The molecule has 2 rings (SSSR count). The maximum atomic E-state index is 9.88. The zero-order valence-electron chi connectivity index (χ0n) is 8.93. The predicted octanol–water partition coefficient (Wildman–Crippen LogP) is 0.196. The van der Waals surface area contributed by atoms with Gasteiger partial charge in [0.2, 0.25) is 0 Å². The van der Waals surface area contributed by atoms with Gasteiger partial charge in [0.25, 0.3) is 0 Å². The molecule has 0 aromatic heterocycles. The molecule has 0 aromatic rings. The minimum Gasteiger partial charge on any atom is -0.398 e. The van der Waals surface area contributed by atoms with Gasteiger partial charge < -0.3 is 20.6 Å². The molecule has 0 saturated carbocycles. The van der Waals surface area contributed by atoms with Gasteiger partial charge in [-0.2, -0.15) is 0 Å². The van der Waals surface area contributed by atoms with E-state index >= 15 is 0 Å². The Morgan fingerprint density at radius 1 is 1.53 bits per heavy atom. The summed E-state index contributed by atoms with van der Waals surface area (Å²) in [5.41, 5.74) is 7.33. The number of aliphatic hydroxyl groups is 1. The molecule has 0 aromatic carbocycles. The second-order valence-electron chi connectivity index (χ2n) is 4.00. The van der Waals surface area contributed by atoms with Gasteiger partial charge in [-0.05, 0) is 19.2 Å². The normalized spacial score (nSPS) is 27.6.